The Morgan fingerprint density at radius 2 is 2.08 bits per heavy atom. The SMILES string of the molecule is CC(C)(C)NC(=O)c1n[nH]nc1N. The van der Waals surface area contributed by atoms with E-state index in [4.69, 9.17) is 5.73 Å². The second kappa shape index (κ2) is 3.04. The summed E-state index contributed by atoms with van der Waals surface area (Å²) in [4.78, 5) is 11.4. The summed E-state index contributed by atoms with van der Waals surface area (Å²) in [6.45, 7) is 5.63. The highest BCUT2D eigenvalue weighted by Crippen LogP contribution is 2.05. The quantitative estimate of drug-likeness (QED) is 0.567. The summed E-state index contributed by atoms with van der Waals surface area (Å²) in [6.07, 6.45) is 0. The van der Waals surface area contributed by atoms with Gasteiger partial charge >= 0.3 is 0 Å². The van der Waals surface area contributed by atoms with Crippen LogP contribution in [0.25, 0.3) is 0 Å². The molecule has 6 nitrogen and oxygen atoms in total. The number of rotatable bonds is 1. The summed E-state index contributed by atoms with van der Waals surface area (Å²) >= 11 is 0. The number of nitrogen functional groups attached to an aromatic ring is 1. The van der Waals surface area contributed by atoms with Crippen LogP contribution in [0, 0.1) is 0 Å². The third-order valence-electron chi connectivity index (χ3n) is 1.28. The molecule has 72 valence electrons. The first-order chi connectivity index (χ1) is 5.90. The van der Waals surface area contributed by atoms with Gasteiger partial charge in [0.15, 0.2) is 11.5 Å². The molecule has 0 fully saturated rings. The maximum absolute atomic E-state index is 11.4. The Labute approximate surface area is 75.9 Å². The Morgan fingerprint density at radius 3 is 2.46 bits per heavy atom. The molecular weight excluding hydrogens is 170 g/mol. The zero-order valence-electron chi connectivity index (χ0n) is 7.88. The zero-order valence-corrected chi connectivity index (χ0v) is 7.88. The molecule has 0 bridgehead atoms. The minimum atomic E-state index is -0.321. The second-order valence-electron chi connectivity index (χ2n) is 3.76. The lowest BCUT2D eigenvalue weighted by Crippen LogP contribution is -2.41. The molecule has 0 radical (unpaired) electrons. The van der Waals surface area contributed by atoms with E-state index in [-0.39, 0.29) is 23.0 Å². The van der Waals surface area contributed by atoms with Gasteiger partial charge in [0.05, 0.1) is 0 Å². The molecule has 1 aromatic heterocycles. The van der Waals surface area contributed by atoms with E-state index < -0.39 is 0 Å². The van der Waals surface area contributed by atoms with Gasteiger partial charge in [-0.3, -0.25) is 4.79 Å². The van der Waals surface area contributed by atoms with E-state index in [0.29, 0.717) is 0 Å². The fraction of sp³-hybridized carbons (Fsp3) is 0.571. The summed E-state index contributed by atoms with van der Waals surface area (Å²) in [5.41, 5.74) is 5.23. The van der Waals surface area contributed by atoms with Gasteiger partial charge in [-0.1, -0.05) is 0 Å². The van der Waals surface area contributed by atoms with Crippen LogP contribution in [-0.4, -0.2) is 26.9 Å². The van der Waals surface area contributed by atoms with Crippen molar-refractivity contribution in [3.8, 4) is 0 Å². The van der Waals surface area contributed by atoms with Gasteiger partial charge in [0.1, 0.15) is 0 Å². The van der Waals surface area contributed by atoms with Gasteiger partial charge < -0.3 is 11.1 Å². The number of H-pyrrole nitrogens is 1. The van der Waals surface area contributed by atoms with Gasteiger partial charge in [-0.05, 0) is 20.8 Å². The fourth-order valence-corrected chi connectivity index (χ4v) is 0.806. The summed E-state index contributed by atoms with van der Waals surface area (Å²) in [6, 6.07) is 0. The summed E-state index contributed by atoms with van der Waals surface area (Å²) in [5, 5.41) is 12.2. The van der Waals surface area contributed by atoms with Gasteiger partial charge in [-0.15, -0.1) is 10.2 Å². The molecule has 0 unspecified atom stereocenters. The van der Waals surface area contributed by atoms with Crippen molar-refractivity contribution < 1.29 is 4.79 Å². The van der Waals surface area contributed by atoms with Crippen LogP contribution in [0.1, 0.15) is 31.3 Å². The fourth-order valence-electron chi connectivity index (χ4n) is 0.806. The predicted molar refractivity (Wildman–Crippen MR) is 48.0 cm³/mol. The molecule has 0 saturated carbocycles. The van der Waals surface area contributed by atoms with Crippen LogP contribution in [0.4, 0.5) is 5.82 Å². The van der Waals surface area contributed by atoms with Crippen molar-refractivity contribution in [2.75, 3.05) is 5.73 Å². The Bertz CT molecular complexity index is 311. The second-order valence-corrected chi connectivity index (χ2v) is 3.76. The molecule has 1 heterocycles. The number of carbonyl (C=O) groups excluding carboxylic acids is 1. The van der Waals surface area contributed by atoms with E-state index in [1.807, 2.05) is 20.8 Å². The molecule has 4 N–H and O–H groups in total. The minimum Gasteiger partial charge on any atom is -0.380 e. The highest BCUT2D eigenvalue weighted by molar-refractivity contribution is 5.96. The van der Waals surface area contributed by atoms with Crippen LogP contribution >= 0.6 is 0 Å². The van der Waals surface area contributed by atoms with E-state index in [0.717, 1.165) is 0 Å². The molecule has 0 aliphatic heterocycles. The molecule has 1 rings (SSSR count). The van der Waals surface area contributed by atoms with Crippen molar-refractivity contribution in [1.29, 1.82) is 0 Å². The monoisotopic (exact) mass is 183 g/mol. The van der Waals surface area contributed by atoms with Crippen molar-refractivity contribution in [3.63, 3.8) is 0 Å². The lowest BCUT2D eigenvalue weighted by molar-refractivity contribution is 0.0915. The molecule has 1 amide bonds. The molecule has 6 heteroatoms. The first-order valence-electron chi connectivity index (χ1n) is 3.89. The van der Waals surface area contributed by atoms with Crippen molar-refractivity contribution in [2.45, 2.75) is 26.3 Å². The Balaban J connectivity index is 2.76. The third-order valence-corrected chi connectivity index (χ3v) is 1.28. The van der Waals surface area contributed by atoms with Crippen LogP contribution in [0.3, 0.4) is 0 Å². The average molecular weight is 183 g/mol. The van der Waals surface area contributed by atoms with Crippen LogP contribution in [0.15, 0.2) is 0 Å². The first kappa shape index (κ1) is 9.50. The van der Waals surface area contributed by atoms with Crippen molar-refractivity contribution >= 4 is 11.7 Å². The van der Waals surface area contributed by atoms with Crippen molar-refractivity contribution in [3.05, 3.63) is 5.69 Å². The Kier molecular flexibility index (Phi) is 2.22. The van der Waals surface area contributed by atoms with E-state index in [2.05, 4.69) is 20.7 Å². The number of anilines is 1. The van der Waals surface area contributed by atoms with E-state index in [1.54, 1.807) is 0 Å². The molecule has 0 saturated heterocycles. The Hall–Kier alpha value is -1.59. The molecule has 0 aromatic carbocycles. The van der Waals surface area contributed by atoms with E-state index in [1.165, 1.54) is 0 Å². The maximum atomic E-state index is 11.4. The molecule has 0 spiro atoms. The first-order valence-corrected chi connectivity index (χ1v) is 3.89. The number of aromatic nitrogens is 3. The number of carbonyl (C=O) groups is 1. The van der Waals surface area contributed by atoms with Crippen molar-refractivity contribution in [2.24, 2.45) is 0 Å². The summed E-state index contributed by atoms with van der Waals surface area (Å²) in [7, 11) is 0. The molecule has 0 aliphatic carbocycles. The highest BCUT2D eigenvalue weighted by atomic mass is 16.2. The zero-order chi connectivity index (χ0) is 10.1. The van der Waals surface area contributed by atoms with Crippen LogP contribution in [0.5, 0.6) is 0 Å². The largest absolute Gasteiger partial charge is 0.380 e. The van der Waals surface area contributed by atoms with Crippen LogP contribution < -0.4 is 11.1 Å². The number of hydrogen-bond acceptors (Lipinski definition) is 4. The number of nitrogens with two attached hydrogens (primary N) is 1. The normalized spacial score (nSPS) is 11.3. The number of aromatic amines is 1. The molecular formula is C7H13N5O. The lowest BCUT2D eigenvalue weighted by Gasteiger charge is -2.19. The molecule has 0 atom stereocenters. The Morgan fingerprint density at radius 1 is 1.46 bits per heavy atom. The van der Waals surface area contributed by atoms with Crippen LogP contribution in [-0.2, 0) is 0 Å². The maximum Gasteiger partial charge on any atom is 0.276 e. The topological polar surface area (TPSA) is 96.7 Å². The van der Waals surface area contributed by atoms with E-state index in [9.17, 15) is 4.79 Å². The number of hydrogen-bond donors (Lipinski definition) is 3. The smallest absolute Gasteiger partial charge is 0.276 e. The minimum absolute atomic E-state index is 0.113. The molecule has 1 aromatic rings. The van der Waals surface area contributed by atoms with Gasteiger partial charge in [-0.2, -0.15) is 5.21 Å². The highest BCUT2D eigenvalue weighted by Gasteiger charge is 2.19. The van der Waals surface area contributed by atoms with Gasteiger partial charge in [0.2, 0.25) is 0 Å². The van der Waals surface area contributed by atoms with Gasteiger partial charge in [-0.25, -0.2) is 0 Å². The molecule has 0 aliphatic rings. The standard InChI is InChI=1S/C7H13N5O/c1-7(2,3)9-6(13)4-5(8)11-12-10-4/h1-3H3,(H,9,13)(H3,8,10,11,12). The number of nitrogens with zero attached hydrogens (tertiary/aromatic N) is 2. The number of nitrogens with one attached hydrogen (secondary N) is 2. The van der Waals surface area contributed by atoms with Gasteiger partial charge in [0, 0.05) is 5.54 Å². The third kappa shape index (κ3) is 2.43. The lowest BCUT2D eigenvalue weighted by atomic mass is 10.1. The van der Waals surface area contributed by atoms with Crippen molar-refractivity contribution in [1.82, 2.24) is 20.7 Å². The predicted octanol–water partition coefficient (Wildman–Crippen LogP) is -0.0848. The van der Waals surface area contributed by atoms with E-state index >= 15 is 0 Å². The number of amides is 1. The average Bonchev–Trinajstić information content (AvgIpc) is 2.30. The van der Waals surface area contributed by atoms with Crippen LogP contribution in [0.2, 0.25) is 0 Å². The molecule has 13 heavy (non-hydrogen) atoms. The van der Waals surface area contributed by atoms with Gasteiger partial charge in [0.25, 0.3) is 5.91 Å². The summed E-state index contributed by atoms with van der Waals surface area (Å²) in [5.74, 6) is -0.208. The summed E-state index contributed by atoms with van der Waals surface area (Å²) < 4.78 is 0.